The molecular formula is C28H22F3N3O. The molecule has 35 heavy (non-hydrogen) atoms. The Morgan fingerprint density at radius 2 is 1.51 bits per heavy atom. The molecule has 7 heteroatoms. The molecule has 5 aromatic rings. The molecule has 0 aliphatic rings. The largest absolute Gasteiger partial charge is 0.497 e. The van der Waals surface area contributed by atoms with Crippen molar-refractivity contribution in [1.29, 1.82) is 0 Å². The van der Waals surface area contributed by atoms with Gasteiger partial charge in [0.25, 0.3) is 0 Å². The van der Waals surface area contributed by atoms with Gasteiger partial charge in [0, 0.05) is 18.2 Å². The van der Waals surface area contributed by atoms with Gasteiger partial charge in [-0.3, -0.25) is 0 Å². The van der Waals surface area contributed by atoms with E-state index in [9.17, 15) is 13.2 Å². The average Bonchev–Trinajstić information content (AvgIpc) is 3.16. The normalized spacial score (nSPS) is 11.7. The molecule has 0 bridgehead atoms. The molecule has 0 saturated carbocycles. The zero-order chi connectivity index (χ0) is 24.7. The van der Waals surface area contributed by atoms with Crippen molar-refractivity contribution in [1.82, 2.24) is 14.5 Å². The van der Waals surface area contributed by atoms with Crippen molar-refractivity contribution in [3.8, 4) is 39.4 Å². The Balaban J connectivity index is 1.84. The van der Waals surface area contributed by atoms with Crippen LogP contribution < -0.4 is 4.74 Å². The Bertz CT molecular complexity index is 1520. The van der Waals surface area contributed by atoms with Crippen LogP contribution in [0.3, 0.4) is 0 Å². The third-order valence-corrected chi connectivity index (χ3v) is 6.12. The van der Waals surface area contributed by atoms with Crippen molar-refractivity contribution in [2.45, 2.75) is 13.1 Å². The van der Waals surface area contributed by atoms with Crippen LogP contribution in [0.2, 0.25) is 0 Å². The number of rotatable bonds is 4. The predicted molar refractivity (Wildman–Crippen MR) is 131 cm³/mol. The van der Waals surface area contributed by atoms with Gasteiger partial charge in [-0.2, -0.15) is 13.2 Å². The van der Waals surface area contributed by atoms with E-state index < -0.39 is 11.7 Å². The summed E-state index contributed by atoms with van der Waals surface area (Å²) >= 11 is 0. The molecule has 0 fully saturated rings. The summed E-state index contributed by atoms with van der Waals surface area (Å²) in [7, 11) is 3.47. The van der Waals surface area contributed by atoms with E-state index in [4.69, 9.17) is 4.74 Å². The Kier molecular flexibility index (Phi) is 5.55. The van der Waals surface area contributed by atoms with Crippen molar-refractivity contribution in [2.75, 3.05) is 7.11 Å². The maximum Gasteiger partial charge on any atom is 0.416 e. The van der Waals surface area contributed by atoms with Crippen molar-refractivity contribution in [2.24, 2.45) is 7.05 Å². The number of nitrogens with zero attached hydrogens (tertiary/aromatic N) is 3. The van der Waals surface area contributed by atoms with Gasteiger partial charge >= 0.3 is 6.18 Å². The van der Waals surface area contributed by atoms with Gasteiger partial charge < -0.3 is 9.30 Å². The topological polar surface area (TPSA) is 39.9 Å². The van der Waals surface area contributed by atoms with Crippen LogP contribution in [-0.4, -0.2) is 21.6 Å². The molecule has 2 heterocycles. The molecule has 0 saturated heterocycles. The lowest BCUT2D eigenvalue weighted by Gasteiger charge is -2.12. The van der Waals surface area contributed by atoms with Crippen molar-refractivity contribution in [3.05, 3.63) is 90.3 Å². The van der Waals surface area contributed by atoms with Crippen LogP contribution in [0, 0.1) is 6.92 Å². The smallest absolute Gasteiger partial charge is 0.416 e. The Morgan fingerprint density at radius 3 is 2.14 bits per heavy atom. The first-order chi connectivity index (χ1) is 16.8. The Labute approximate surface area is 200 Å². The van der Waals surface area contributed by atoms with E-state index in [0.717, 1.165) is 51.2 Å². The number of methoxy groups -OCH3 is 1. The molecule has 4 nitrogen and oxygen atoms in total. The lowest BCUT2D eigenvalue weighted by Crippen LogP contribution is -2.04. The SMILES string of the molecule is COc1ccc(-c2c(-c3ccc(C(F)(F)F)cc3)n(C)c3ncnc(-c4cccc(C)c4)c23)cc1. The van der Waals surface area contributed by atoms with Crippen molar-refractivity contribution < 1.29 is 17.9 Å². The maximum atomic E-state index is 13.2. The first-order valence-corrected chi connectivity index (χ1v) is 11.0. The van der Waals surface area contributed by atoms with Crippen LogP contribution in [0.4, 0.5) is 13.2 Å². The van der Waals surface area contributed by atoms with E-state index in [0.29, 0.717) is 17.0 Å². The number of fused-ring (bicyclic) bond motifs is 1. The summed E-state index contributed by atoms with van der Waals surface area (Å²) in [6.07, 6.45) is -2.88. The molecular weight excluding hydrogens is 451 g/mol. The van der Waals surface area contributed by atoms with Gasteiger partial charge in [-0.15, -0.1) is 0 Å². The number of benzene rings is 3. The second-order valence-electron chi connectivity index (χ2n) is 8.38. The maximum absolute atomic E-state index is 13.2. The summed E-state index contributed by atoms with van der Waals surface area (Å²) in [5, 5.41) is 0.834. The first-order valence-electron chi connectivity index (χ1n) is 11.0. The van der Waals surface area contributed by atoms with Crippen LogP contribution in [0.1, 0.15) is 11.1 Å². The molecule has 5 rings (SSSR count). The summed E-state index contributed by atoms with van der Waals surface area (Å²) in [6, 6.07) is 20.9. The van der Waals surface area contributed by atoms with E-state index >= 15 is 0 Å². The highest BCUT2D eigenvalue weighted by Gasteiger charge is 2.30. The van der Waals surface area contributed by atoms with Crippen LogP contribution in [-0.2, 0) is 13.2 Å². The number of hydrogen-bond donors (Lipinski definition) is 0. The molecule has 0 aliphatic carbocycles. The molecule has 176 valence electrons. The highest BCUT2D eigenvalue weighted by Crippen LogP contribution is 2.44. The van der Waals surface area contributed by atoms with Gasteiger partial charge in [-0.25, -0.2) is 9.97 Å². The summed E-state index contributed by atoms with van der Waals surface area (Å²) in [5.41, 5.74) is 5.95. The molecule has 2 aromatic heterocycles. The summed E-state index contributed by atoms with van der Waals surface area (Å²) in [5.74, 6) is 0.709. The monoisotopic (exact) mass is 473 g/mol. The van der Waals surface area contributed by atoms with Gasteiger partial charge in [0.2, 0.25) is 0 Å². The number of halogens is 3. The predicted octanol–water partition coefficient (Wildman–Crippen LogP) is 7.31. The van der Waals surface area contributed by atoms with Crippen LogP contribution in [0.15, 0.2) is 79.1 Å². The molecule has 0 amide bonds. The highest BCUT2D eigenvalue weighted by atomic mass is 19.4. The highest BCUT2D eigenvalue weighted by molar-refractivity contribution is 6.09. The van der Waals surface area contributed by atoms with E-state index in [1.54, 1.807) is 7.11 Å². The van der Waals surface area contributed by atoms with E-state index in [1.165, 1.54) is 18.5 Å². The number of aromatic nitrogens is 3. The van der Waals surface area contributed by atoms with Crippen LogP contribution >= 0.6 is 0 Å². The average molecular weight is 473 g/mol. The third-order valence-electron chi connectivity index (χ3n) is 6.12. The van der Waals surface area contributed by atoms with Crippen LogP contribution in [0.5, 0.6) is 5.75 Å². The number of aryl methyl sites for hydroxylation is 2. The molecule has 0 radical (unpaired) electrons. The fraction of sp³-hybridized carbons (Fsp3) is 0.143. The minimum Gasteiger partial charge on any atom is -0.497 e. The molecule has 0 N–H and O–H groups in total. The quantitative estimate of drug-likeness (QED) is 0.275. The van der Waals surface area contributed by atoms with E-state index in [2.05, 4.69) is 16.0 Å². The number of hydrogen-bond acceptors (Lipinski definition) is 3. The zero-order valence-electron chi connectivity index (χ0n) is 19.4. The minimum absolute atomic E-state index is 0.652. The van der Waals surface area contributed by atoms with Gasteiger partial charge in [0.15, 0.2) is 0 Å². The van der Waals surface area contributed by atoms with Crippen LogP contribution in [0.25, 0.3) is 44.7 Å². The Hall–Kier alpha value is -4.13. The van der Waals surface area contributed by atoms with Gasteiger partial charge in [0.05, 0.1) is 29.4 Å². The molecule has 0 atom stereocenters. The molecule has 0 aliphatic heterocycles. The lowest BCUT2D eigenvalue weighted by molar-refractivity contribution is -0.137. The summed E-state index contributed by atoms with van der Waals surface area (Å²) in [4.78, 5) is 9.19. The Morgan fingerprint density at radius 1 is 0.829 bits per heavy atom. The molecule has 3 aromatic carbocycles. The van der Waals surface area contributed by atoms with Gasteiger partial charge in [0.1, 0.15) is 17.7 Å². The fourth-order valence-electron chi connectivity index (χ4n) is 4.46. The van der Waals surface area contributed by atoms with Gasteiger partial charge in [-0.1, -0.05) is 48.0 Å². The first kappa shape index (κ1) is 22.7. The lowest BCUT2D eigenvalue weighted by atomic mass is 9.95. The van der Waals surface area contributed by atoms with E-state index in [-0.39, 0.29) is 0 Å². The second kappa shape index (κ2) is 8.58. The molecule has 0 unspecified atom stereocenters. The number of ether oxygens (including phenoxy) is 1. The van der Waals surface area contributed by atoms with E-state index in [1.807, 2.05) is 61.0 Å². The minimum atomic E-state index is -4.40. The summed E-state index contributed by atoms with van der Waals surface area (Å²) in [6.45, 7) is 2.02. The van der Waals surface area contributed by atoms with Crippen molar-refractivity contribution >= 4 is 11.0 Å². The molecule has 0 spiro atoms. The fourth-order valence-corrected chi connectivity index (χ4v) is 4.46. The standard InChI is InChI=1S/C28H22F3N3O/c1-17-5-4-6-20(15-17)25-24-23(18-9-13-22(35-3)14-10-18)26(34(2)27(24)33-16-32-25)19-7-11-21(12-8-19)28(29,30)31/h4-16H,1-3H3. The second-order valence-corrected chi connectivity index (χ2v) is 8.38. The zero-order valence-corrected chi connectivity index (χ0v) is 19.4. The summed E-state index contributed by atoms with van der Waals surface area (Å²) < 4.78 is 46.9. The third kappa shape index (κ3) is 4.03. The number of alkyl halides is 3. The van der Waals surface area contributed by atoms with Gasteiger partial charge in [-0.05, 0) is 48.4 Å². The van der Waals surface area contributed by atoms with Crippen molar-refractivity contribution in [3.63, 3.8) is 0 Å².